The molecule has 2 nitrogen and oxygen atoms in total. The van der Waals surface area contributed by atoms with E-state index in [2.05, 4.69) is 77.2 Å². The van der Waals surface area contributed by atoms with Gasteiger partial charge < -0.3 is 10.1 Å². The largest absolute Gasteiger partial charge is 0.486 e. The van der Waals surface area contributed by atoms with Crippen molar-refractivity contribution in [3.8, 4) is 5.75 Å². The first kappa shape index (κ1) is 18.5. The van der Waals surface area contributed by atoms with Crippen molar-refractivity contribution in [2.75, 3.05) is 0 Å². The Morgan fingerprint density at radius 1 is 0.833 bits per heavy atom. The fraction of sp³-hybridized carbons (Fsp3) is 0.455. The minimum Gasteiger partial charge on any atom is -0.486 e. The van der Waals surface area contributed by atoms with Crippen LogP contribution in [0.3, 0.4) is 0 Å². The summed E-state index contributed by atoms with van der Waals surface area (Å²) in [7, 11) is 0. The van der Waals surface area contributed by atoms with Gasteiger partial charge in [-0.25, -0.2) is 0 Å². The number of rotatable bonds is 6. The van der Waals surface area contributed by atoms with E-state index in [-0.39, 0.29) is 11.6 Å². The van der Waals surface area contributed by atoms with Crippen molar-refractivity contribution in [1.82, 2.24) is 5.32 Å². The summed E-state index contributed by atoms with van der Waals surface area (Å²) in [6.07, 6.45) is 0.0366. The highest BCUT2D eigenvalue weighted by atomic mass is 16.5. The van der Waals surface area contributed by atoms with Crippen molar-refractivity contribution < 1.29 is 4.74 Å². The second-order valence-corrected chi connectivity index (χ2v) is 7.86. The molecule has 0 saturated carbocycles. The zero-order valence-electron chi connectivity index (χ0n) is 15.8. The standard InChI is InChI=1S/C22H31NO/c1-16(2)21(23-22(4,5)6)19-13-10-14-20(15-19)24-17(3)18-11-8-7-9-12-18/h7-17,21,23H,1-6H3. The molecule has 2 rings (SSSR count). The molecule has 0 fully saturated rings. The molecule has 0 aliphatic carbocycles. The smallest absolute Gasteiger partial charge is 0.121 e. The molecule has 0 spiro atoms. The van der Waals surface area contributed by atoms with E-state index >= 15 is 0 Å². The van der Waals surface area contributed by atoms with Crippen LogP contribution in [0, 0.1) is 5.92 Å². The van der Waals surface area contributed by atoms with Crippen LogP contribution in [0.15, 0.2) is 54.6 Å². The van der Waals surface area contributed by atoms with Crippen molar-refractivity contribution >= 4 is 0 Å². The van der Waals surface area contributed by atoms with Gasteiger partial charge in [0.15, 0.2) is 0 Å². The first-order chi connectivity index (χ1) is 11.3. The lowest BCUT2D eigenvalue weighted by Crippen LogP contribution is -2.40. The van der Waals surface area contributed by atoms with E-state index in [0.29, 0.717) is 12.0 Å². The monoisotopic (exact) mass is 325 g/mol. The van der Waals surface area contributed by atoms with Crippen LogP contribution in [0.5, 0.6) is 5.75 Å². The molecule has 2 aromatic rings. The molecule has 2 heteroatoms. The molecule has 130 valence electrons. The number of ether oxygens (including phenoxy) is 1. The normalized spacial score (nSPS) is 14.5. The first-order valence-electron chi connectivity index (χ1n) is 8.85. The zero-order valence-corrected chi connectivity index (χ0v) is 15.8. The van der Waals surface area contributed by atoms with Gasteiger partial charge in [-0.15, -0.1) is 0 Å². The molecule has 0 heterocycles. The summed E-state index contributed by atoms with van der Waals surface area (Å²) in [5, 5.41) is 3.73. The van der Waals surface area contributed by atoms with Crippen molar-refractivity contribution in [3.05, 3.63) is 65.7 Å². The van der Waals surface area contributed by atoms with Crippen molar-refractivity contribution in [2.24, 2.45) is 5.92 Å². The maximum atomic E-state index is 6.17. The predicted octanol–water partition coefficient (Wildman–Crippen LogP) is 5.91. The second kappa shape index (κ2) is 7.85. The third kappa shape index (κ3) is 5.38. The Hall–Kier alpha value is -1.80. The van der Waals surface area contributed by atoms with E-state index in [1.165, 1.54) is 11.1 Å². The Bertz CT molecular complexity index is 628. The molecule has 2 atom stereocenters. The fourth-order valence-electron chi connectivity index (χ4n) is 2.88. The lowest BCUT2D eigenvalue weighted by Gasteiger charge is -2.32. The van der Waals surface area contributed by atoms with Gasteiger partial charge in [0.25, 0.3) is 0 Å². The third-order valence-corrected chi connectivity index (χ3v) is 4.05. The number of hydrogen-bond donors (Lipinski definition) is 1. The van der Waals surface area contributed by atoms with Gasteiger partial charge in [0.05, 0.1) is 0 Å². The van der Waals surface area contributed by atoms with Gasteiger partial charge in [0.1, 0.15) is 11.9 Å². The molecule has 0 saturated heterocycles. The molecular formula is C22H31NO. The van der Waals surface area contributed by atoms with E-state index in [1.807, 2.05) is 24.3 Å². The summed E-state index contributed by atoms with van der Waals surface area (Å²) in [5.74, 6) is 1.43. The van der Waals surface area contributed by atoms with Gasteiger partial charge in [-0.2, -0.15) is 0 Å². The summed E-state index contributed by atoms with van der Waals surface area (Å²) in [6, 6.07) is 19.1. The van der Waals surface area contributed by atoms with Crippen LogP contribution >= 0.6 is 0 Å². The lowest BCUT2D eigenvalue weighted by atomic mass is 9.93. The Balaban J connectivity index is 2.18. The number of nitrogens with one attached hydrogen (secondary N) is 1. The molecule has 24 heavy (non-hydrogen) atoms. The van der Waals surface area contributed by atoms with Crippen LogP contribution in [-0.2, 0) is 0 Å². The molecule has 2 aromatic carbocycles. The highest BCUT2D eigenvalue weighted by Gasteiger charge is 2.22. The van der Waals surface area contributed by atoms with E-state index < -0.39 is 0 Å². The Morgan fingerprint density at radius 3 is 2.04 bits per heavy atom. The van der Waals surface area contributed by atoms with Gasteiger partial charge in [-0.05, 0) is 56.9 Å². The van der Waals surface area contributed by atoms with Gasteiger partial charge in [-0.1, -0.05) is 56.3 Å². The summed E-state index contributed by atoms with van der Waals surface area (Å²) >= 11 is 0. The summed E-state index contributed by atoms with van der Waals surface area (Å²) in [5.41, 5.74) is 2.54. The average molecular weight is 325 g/mol. The maximum Gasteiger partial charge on any atom is 0.121 e. The molecule has 2 unspecified atom stereocenters. The van der Waals surface area contributed by atoms with Gasteiger partial charge >= 0.3 is 0 Å². The highest BCUT2D eigenvalue weighted by Crippen LogP contribution is 2.29. The SMILES string of the molecule is CC(Oc1cccc(C(NC(C)(C)C)C(C)C)c1)c1ccccc1. The molecule has 0 aromatic heterocycles. The number of hydrogen-bond acceptors (Lipinski definition) is 2. The first-order valence-corrected chi connectivity index (χ1v) is 8.85. The van der Waals surface area contributed by atoms with Crippen molar-refractivity contribution in [3.63, 3.8) is 0 Å². The zero-order chi connectivity index (χ0) is 17.7. The Kier molecular flexibility index (Phi) is 6.06. The Morgan fingerprint density at radius 2 is 1.46 bits per heavy atom. The minimum absolute atomic E-state index is 0.0366. The second-order valence-electron chi connectivity index (χ2n) is 7.86. The van der Waals surface area contributed by atoms with Crippen LogP contribution in [-0.4, -0.2) is 5.54 Å². The summed E-state index contributed by atoms with van der Waals surface area (Å²) in [6.45, 7) is 13.2. The summed E-state index contributed by atoms with van der Waals surface area (Å²) < 4.78 is 6.17. The van der Waals surface area contributed by atoms with E-state index in [4.69, 9.17) is 4.74 Å². The number of benzene rings is 2. The molecule has 0 aliphatic rings. The van der Waals surface area contributed by atoms with Crippen LogP contribution in [0.25, 0.3) is 0 Å². The highest BCUT2D eigenvalue weighted by molar-refractivity contribution is 5.32. The van der Waals surface area contributed by atoms with Crippen LogP contribution < -0.4 is 10.1 Å². The lowest BCUT2D eigenvalue weighted by molar-refractivity contribution is 0.226. The maximum absolute atomic E-state index is 6.17. The molecular weight excluding hydrogens is 294 g/mol. The van der Waals surface area contributed by atoms with Crippen LogP contribution in [0.1, 0.15) is 64.8 Å². The molecule has 0 bridgehead atoms. The fourth-order valence-corrected chi connectivity index (χ4v) is 2.88. The van der Waals surface area contributed by atoms with Crippen LogP contribution in [0.4, 0.5) is 0 Å². The average Bonchev–Trinajstić information content (AvgIpc) is 2.52. The van der Waals surface area contributed by atoms with E-state index in [9.17, 15) is 0 Å². The van der Waals surface area contributed by atoms with Crippen LogP contribution in [0.2, 0.25) is 0 Å². The minimum atomic E-state index is 0.0366. The van der Waals surface area contributed by atoms with E-state index in [0.717, 1.165) is 5.75 Å². The third-order valence-electron chi connectivity index (χ3n) is 4.05. The molecule has 0 aliphatic heterocycles. The van der Waals surface area contributed by atoms with Gasteiger partial charge in [-0.3, -0.25) is 0 Å². The molecule has 1 N–H and O–H groups in total. The van der Waals surface area contributed by atoms with Gasteiger partial charge in [0.2, 0.25) is 0 Å². The Labute approximate surface area is 147 Å². The quantitative estimate of drug-likeness (QED) is 0.712. The van der Waals surface area contributed by atoms with Crippen molar-refractivity contribution in [1.29, 1.82) is 0 Å². The van der Waals surface area contributed by atoms with E-state index in [1.54, 1.807) is 0 Å². The topological polar surface area (TPSA) is 21.3 Å². The predicted molar refractivity (Wildman–Crippen MR) is 102 cm³/mol. The van der Waals surface area contributed by atoms with Gasteiger partial charge in [0, 0.05) is 11.6 Å². The molecule has 0 amide bonds. The summed E-state index contributed by atoms with van der Waals surface area (Å²) in [4.78, 5) is 0. The molecule has 0 radical (unpaired) electrons. The van der Waals surface area contributed by atoms with Crippen molar-refractivity contribution in [2.45, 2.75) is 59.2 Å².